The Bertz CT molecular complexity index is 616. The average Bonchev–Trinajstić information content (AvgIpc) is 2.68. The van der Waals surface area contributed by atoms with E-state index in [4.69, 9.17) is 0 Å². The number of nitrogens with one attached hydrogen (secondary N) is 1. The molecule has 0 saturated carbocycles. The van der Waals surface area contributed by atoms with Gasteiger partial charge < -0.3 is 5.32 Å². The number of anilines is 1. The van der Waals surface area contributed by atoms with Crippen molar-refractivity contribution in [3.05, 3.63) is 28.7 Å². The van der Waals surface area contributed by atoms with Crippen molar-refractivity contribution in [2.24, 2.45) is 0 Å². The number of fused-ring (bicyclic) bond motifs is 1. The zero-order valence-electron chi connectivity index (χ0n) is 9.34. The summed E-state index contributed by atoms with van der Waals surface area (Å²) in [5, 5.41) is 2.73. The van der Waals surface area contributed by atoms with Crippen molar-refractivity contribution in [3.8, 4) is 0 Å². The highest BCUT2D eigenvalue weighted by Gasteiger charge is 2.49. The Morgan fingerprint density at radius 3 is 2.83 bits per heavy atom. The largest absolute Gasteiger partial charge is 0.332 e. The number of hydrogen-bond donors (Lipinski definition) is 1. The summed E-state index contributed by atoms with van der Waals surface area (Å²) in [6.07, 6.45) is 0. The Kier molecular flexibility index (Phi) is 2.63. The van der Waals surface area contributed by atoms with Gasteiger partial charge in [-0.2, -0.15) is 0 Å². The number of urea groups is 1. The second kappa shape index (κ2) is 3.96. The molecule has 0 spiro atoms. The lowest BCUT2D eigenvalue weighted by Crippen LogP contribution is -2.36. The maximum absolute atomic E-state index is 11.9. The molecule has 1 aromatic carbocycles. The minimum atomic E-state index is -3.05. The summed E-state index contributed by atoms with van der Waals surface area (Å²) in [6, 6.07) is 6.49. The fourth-order valence-corrected chi connectivity index (χ4v) is 4.81. The molecule has 2 saturated heterocycles. The summed E-state index contributed by atoms with van der Waals surface area (Å²) in [7, 11) is -3.05. The monoisotopic (exact) mass is 330 g/mol. The normalized spacial score (nSPS) is 29.2. The molecule has 0 aromatic heterocycles. The third kappa shape index (κ3) is 1.91. The lowest BCUT2D eigenvalue weighted by atomic mass is 10.1. The van der Waals surface area contributed by atoms with Crippen LogP contribution in [0.15, 0.2) is 28.7 Å². The molecule has 0 radical (unpaired) electrons. The Hall–Kier alpha value is -1.08. The van der Waals surface area contributed by atoms with E-state index in [-0.39, 0.29) is 29.6 Å². The Labute approximate surface area is 113 Å². The zero-order valence-corrected chi connectivity index (χ0v) is 11.7. The highest BCUT2D eigenvalue weighted by Crippen LogP contribution is 2.30. The first kappa shape index (κ1) is 12.0. The molecule has 5 nitrogen and oxygen atoms in total. The maximum Gasteiger partial charge on any atom is 0.322 e. The van der Waals surface area contributed by atoms with E-state index in [2.05, 4.69) is 21.2 Å². The van der Waals surface area contributed by atoms with Crippen LogP contribution in [0.4, 0.5) is 10.5 Å². The molecular formula is C11H11BrN2O3S. The summed E-state index contributed by atoms with van der Waals surface area (Å²) in [4.78, 5) is 13.5. The molecule has 1 N–H and O–H groups in total. The summed E-state index contributed by atoms with van der Waals surface area (Å²) in [5.74, 6) is 0.0663. The Balaban J connectivity index is 1.99. The van der Waals surface area contributed by atoms with E-state index in [0.717, 1.165) is 4.47 Å². The average molecular weight is 331 g/mol. The lowest BCUT2D eigenvalue weighted by molar-refractivity contribution is 0.251. The zero-order chi connectivity index (χ0) is 12.9. The van der Waals surface area contributed by atoms with E-state index >= 15 is 0 Å². The predicted octanol–water partition coefficient (Wildman–Crippen LogP) is 1.14. The number of sulfone groups is 1. The molecule has 7 heteroatoms. The first-order valence-corrected chi connectivity index (χ1v) is 8.13. The molecule has 2 atom stereocenters. The van der Waals surface area contributed by atoms with Crippen molar-refractivity contribution < 1.29 is 13.2 Å². The van der Waals surface area contributed by atoms with Gasteiger partial charge in [0, 0.05) is 10.2 Å². The molecule has 2 fully saturated rings. The molecule has 96 valence electrons. The van der Waals surface area contributed by atoms with Crippen molar-refractivity contribution in [1.82, 2.24) is 5.32 Å². The number of carbonyl (C=O) groups excluding carboxylic acids is 1. The quantitative estimate of drug-likeness (QED) is 0.785. The van der Waals surface area contributed by atoms with Gasteiger partial charge >= 0.3 is 6.03 Å². The van der Waals surface area contributed by atoms with Gasteiger partial charge in [0.15, 0.2) is 9.84 Å². The van der Waals surface area contributed by atoms with Crippen LogP contribution in [0.3, 0.4) is 0 Å². The number of carbonyl (C=O) groups is 1. The van der Waals surface area contributed by atoms with Gasteiger partial charge in [0.1, 0.15) is 0 Å². The Morgan fingerprint density at radius 2 is 2.11 bits per heavy atom. The van der Waals surface area contributed by atoms with Crippen LogP contribution in [-0.4, -0.2) is 38.0 Å². The predicted molar refractivity (Wildman–Crippen MR) is 71.4 cm³/mol. The molecule has 2 aliphatic heterocycles. The van der Waals surface area contributed by atoms with Crippen molar-refractivity contribution in [1.29, 1.82) is 0 Å². The second-order valence-electron chi connectivity index (χ2n) is 4.55. The van der Waals surface area contributed by atoms with Crippen molar-refractivity contribution >= 4 is 37.5 Å². The van der Waals surface area contributed by atoms with Gasteiger partial charge in [0.2, 0.25) is 0 Å². The number of hydrogen-bond acceptors (Lipinski definition) is 3. The van der Waals surface area contributed by atoms with Gasteiger partial charge in [-0.3, -0.25) is 4.90 Å². The fraction of sp³-hybridized carbons (Fsp3) is 0.364. The summed E-state index contributed by atoms with van der Waals surface area (Å²) >= 11 is 3.35. The highest BCUT2D eigenvalue weighted by molar-refractivity contribution is 9.10. The smallest absolute Gasteiger partial charge is 0.322 e. The standard InChI is InChI=1S/C11H11BrN2O3S/c12-7-2-1-3-8(4-7)14-10-6-18(16,17)5-9(10)13-11(14)15/h1-4,9-10H,5-6H2,(H,13,15)/t9-,10+/m1/s1. The molecule has 0 bridgehead atoms. The van der Waals surface area contributed by atoms with Gasteiger partial charge in [0.05, 0.1) is 23.6 Å². The van der Waals surface area contributed by atoms with Crippen molar-refractivity contribution in [2.45, 2.75) is 12.1 Å². The molecule has 2 amide bonds. The van der Waals surface area contributed by atoms with Gasteiger partial charge in [-0.1, -0.05) is 22.0 Å². The van der Waals surface area contributed by atoms with E-state index < -0.39 is 9.84 Å². The second-order valence-corrected chi connectivity index (χ2v) is 7.62. The minimum absolute atomic E-state index is 0.0307. The number of benzene rings is 1. The third-order valence-electron chi connectivity index (χ3n) is 3.27. The van der Waals surface area contributed by atoms with E-state index in [1.165, 1.54) is 0 Å². The minimum Gasteiger partial charge on any atom is -0.332 e. The number of rotatable bonds is 1. The summed E-state index contributed by atoms with van der Waals surface area (Å²) in [5.41, 5.74) is 0.714. The molecule has 0 aliphatic carbocycles. The number of halogens is 1. The van der Waals surface area contributed by atoms with Crippen molar-refractivity contribution in [2.75, 3.05) is 16.4 Å². The molecule has 1 aromatic rings. The van der Waals surface area contributed by atoms with Gasteiger partial charge in [-0.25, -0.2) is 13.2 Å². The first-order valence-electron chi connectivity index (χ1n) is 5.52. The van der Waals surface area contributed by atoms with Crippen LogP contribution in [-0.2, 0) is 9.84 Å². The molecule has 2 aliphatic rings. The molecule has 0 unspecified atom stereocenters. The fourth-order valence-electron chi connectivity index (χ4n) is 2.53. The SMILES string of the molecule is O=C1N[C@@H]2CS(=O)(=O)C[C@@H]2N1c1cccc(Br)c1. The molecule has 3 rings (SSSR count). The van der Waals surface area contributed by atoms with E-state index in [0.29, 0.717) is 5.69 Å². The summed E-state index contributed by atoms with van der Waals surface area (Å²) in [6.45, 7) is 0. The lowest BCUT2D eigenvalue weighted by Gasteiger charge is -2.21. The third-order valence-corrected chi connectivity index (χ3v) is 5.48. The highest BCUT2D eigenvalue weighted by atomic mass is 79.9. The number of amides is 2. The van der Waals surface area contributed by atoms with Gasteiger partial charge in [-0.05, 0) is 18.2 Å². The molecule has 2 heterocycles. The van der Waals surface area contributed by atoms with E-state index in [9.17, 15) is 13.2 Å². The van der Waals surface area contributed by atoms with Crippen LogP contribution in [0, 0.1) is 0 Å². The van der Waals surface area contributed by atoms with Gasteiger partial charge in [-0.15, -0.1) is 0 Å². The topological polar surface area (TPSA) is 66.5 Å². The van der Waals surface area contributed by atoms with Gasteiger partial charge in [0.25, 0.3) is 0 Å². The van der Waals surface area contributed by atoms with E-state index in [1.54, 1.807) is 11.0 Å². The van der Waals surface area contributed by atoms with Crippen LogP contribution < -0.4 is 10.2 Å². The van der Waals surface area contributed by atoms with Crippen LogP contribution in [0.2, 0.25) is 0 Å². The van der Waals surface area contributed by atoms with Crippen molar-refractivity contribution in [3.63, 3.8) is 0 Å². The van der Waals surface area contributed by atoms with Crippen LogP contribution in [0.25, 0.3) is 0 Å². The summed E-state index contributed by atoms with van der Waals surface area (Å²) < 4.78 is 24.1. The maximum atomic E-state index is 11.9. The van der Waals surface area contributed by atoms with Crippen LogP contribution >= 0.6 is 15.9 Å². The van der Waals surface area contributed by atoms with Crippen LogP contribution in [0.1, 0.15) is 0 Å². The Morgan fingerprint density at radius 1 is 1.33 bits per heavy atom. The molecule has 18 heavy (non-hydrogen) atoms. The first-order chi connectivity index (χ1) is 8.46. The van der Waals surface area contributed by atoms with E-state index in [1.807, 2.05) is 18.2 Å². The molecular weight excluding hydrogens is 320 g/mol. The number of nitrogens with zero attached hydrogens (tertiary/aromatic N) is 1. The van der Waals surface area contributed by atoms with Crippen LogP contribution in [0.5, 0.6) is 0 Å².